The number of methoxy groups -OCH3 is 1. The highest BCUT2D eigenvalue weighted by Crippen LogP contribution is 2.30. The van der Waals surface area contributed by atoms with Crippen LogP contribution in [-0.4, -0.2) is 59.2 Å². The molecule has 0 saturated carbocycles. The van der Waals surface area contributed by atoms with E-state index in [0.29, 0.717) is 30.2 Å². The second-order valence-corrected chi connectivity index (χ2v) is 5.96. The molecule has 2 N–H and O–H groups in total. The van der Waals surface area contributed by atoms with Crippen LogP contribution in [-0.2, 0) is 9.47 Å². The maximum Gasteiger partial charge on any atom is 0.195 e. The van der Waals surface area contributed by atoms with E-state index in [0.717, 1.165) is 51.3 Å². The fourth-order valence-electron chi connectivity index (χ4n) is 2.71. The van der Waals surface area contributed by atoms with Crippen LogP contribution in [0, 0.1) is 0 Å². The lowest BCUT2D eigenvalue weighted by Gasteiger charge is -2.22. The van der Waals surface area contributed by atoms with Crippen LogP contribution in [0.25, 0.3) is 0 Å². The van der Waals surface area contributed by atoms with Gasteiger partial charge in [-0.1, -0.05) is 0 Å². The van der Waals surface area contributed by atoms with Crippen molar-refractivity contribution in [1.82, 2.24) is 5.32 Å². The van der Waals surface area contributed by atoms with Crippen LogP contribution >= 0.6 is 0 Å². The Hall–Kier alpha value is -1.99. The fraction of sp³-hybridized carbons (Fsp3) is 0.632. The Morgan fingerprint density at radius 3 is 2.77 bits per heavy atom. The molecule has 2 rings (SSSR count). The molecular formula is C19H31N3O4. The summed E-state index contributed by atoms with van der Waals surface area (Å²) in [7, 11) is 3.38. The second-order valence-electron chi connectivity index (χ2n) is 5.96. The molecule has 0 unspecified atom stereocenters. The normalized spacial score (nSPS) is 15.6. The topological polar surface area (TPSA) is 73.3 Å². The number of aliphatic imine (C=N–C) groups is 1. The third-order valence-corrected chi connectivity index (χ3v) is 4.09. The first-order valence-electron chi connectivity index (χ1n) is 9.24. The van der Waals surface area contributed by atoms with E-state index in [2.05, 4.69) is 15.6 Å². The van der Waals surface area contributed by atoms with Crippen LogP contribution in [0.4, 0.5) is 5.69 Å². The average molecular weight is 365 g/mol. The van der Waals surface area contributed by atoms with Crippen molar-refractivity contribution in [3.63, 3.8) is 0 Å². The van der Waals surface area contributed by atoms with E-state index < -0.39 is 0 Å². The van der Waals surface area contributed by atoms with Crippen molar-refractivity contribution >= 4 is 11.6 Å². The van der Waals surface area contributed by atoms with Gasteiger partial charge < -0.3 is 29.6 Å². The summed E-state index contributed by atoms with van der Waals surface area (Å²) in [5.41, 5.74) is 0.890. The summed E-state index contributed by atoms with van der Waals surface area (Å²) in [6.07, 6.45) is 3.26. The Balaban J connectivity index is 1.73. The molecule has 0 aliphatic carbocycles. The Kier molecular flexibility index (Phi) is 9.06. The summed E-state index contributed by atoms with van der Waals surface area (Å²) in [5.74, 6) is 2.13. The number of hydrogen-bond acceptors (Lipinski definition) is 5. The largest absolute Gasteiger partial charge is 0.493 e. The first-order valence-corrected chi connectivity index (χ1v) is 9.24. The second kappa shape index (κ2) is 11.6. The first-order chi connectivity index (χ1) is 12.8. The van der Waals surface area contributed by atoms with E-state index in [-0.39, 0.29) is 0 Å². The third-order valence-electron chi connectivity index (χ3n) is 4.09. The van der Waals surface area contributed by atoms with Crippen molar-refractivity contribution < 1.29 is 18.9 Å². The van der Waals surface area contributed by atoms with Gasteiger partial charge in [-0.2, -0.15) is 0 Å². The van der Waals surface area contributed by atoms with E-state index in [4.69, 9.17) is 18.9 Å². The summed E-state index contributed by atoms with van der Waals surface area (Å²) in [4.78, 5) is 4.25. The molecule has 26 heavy (non-hydrogen) atoms. The van der Waals surface area contributed by atoms with Gasteiger partial charge in [-0.05, 0) is 38.3 Å². The Morgan fingerprint density at radius 2 is 2.08 bits per heavy atom. The fourth-order valence-corrected chi connectivity index (χ4v) is 2.71. The minimum Gasteiger partial charge on any atom is -0.493 e. The van der Waals surface area contributed by atoms with Crippen LogP contribution in [0.5, 0.6) is 11.5 Å². The van der Waals surface area contributed by atoms with Crippen LogP contribution < -0.4 is 20.1 Å². The zero-order valence-electron chi connectivity index (χ0n) is 16.0. The third kappa shape index (κ3) is 6.72. The molecule has 7 heteroatoms. The van der Waals surface area contributed by atoms with Gasteiger partial charge in [-0.25, -0.2) is 0 Å². The van der Waals surface area contributed by atoms with Gasteiger partial charge in [-0.3, -0.25) is 4.99 Å². The van der Waals surface area contributed by atoms with Gasteiger partial charge in [0.15, 0.2) is 17.5 Å². The standard InChI is InChI=1S/C19H31N3O4/c1-4-25-18-14-15(6-7-17(18)23-3)22-19(20-2)21-10-5-11-26-16-8-12-24-13-9-16/h6-7,14,16H,4-5,8-13H2,1-3H3,(H2,20,21,22). The Labute approximate surface area is 156 Å². The number of anilines is 1. The number of rotatable bonds is 9. The maximum absolute atomic E-state index is 5.87. The molecule has 0 spiro atoms. The molecule has 1 aromatic rings. The molecule has 1 saturated heterocycles. The van der Waals surface area contributed by atoms with E-state index >= 15 is 0 Å². The summed E-state index contributed by atoms with van der Waals surface area (Å²) < 4.78 is 22.1. The van der Waals surface area contributed by atoms with Crippen molar-refractivity contribution in [2.45, 2.75) is 32.3 Å². The molecule has 1 fully saturated rings. The van der Waals surface area contributed by atoms with Gasteiger partial charge in [-0.15, -0.1) is 0 Å². The predicted molar refractivity (Wildman–Crippen MR) is 104 cm³/mol. The number of guanidine groups is 1. The van der Waals surface area contributed by atoms with E-state index in [1.807, 2.05) is 25.1 Å². The van der Waals surface area contributed by atoms with Crippen LogP contribution in [0.2, 0.25) is 0 Å². The molecule has 0 aromatic heterocycles. The summed E-state index contributed by atoms with van der Waals surface area (Å²) in [6.45, 7) is 5.68. The quantitative estimate of drug-likeness (QED) is 0.398. The minimum absolute atomic E-state index is 0.345. The van der Waals surface area contributed by atoms with Gasteiger partial charge in [0.2, 0.25) is 0 Å². The number of ether oxygens (including phenoxy) is 4. The highest BCUT2D eigenvalue weighted by Gasteiger charge is 2.13. The predicted octanol–water partition coefficient (Wildman–Crippen LogP) is 2.67. The van der Waals surface area contributed by atoms with Crippen molar-refractivity contribution in [3.8, 4) is 11.5 Å². The Morgan fingerprint density at radius 1 is 1.27 bits per heavy atom. The SMILES string of the molecule is CCOc1cc(NC(=NC)NCCCOC2CCOCC2)ccc1OC. The number of nitrogens with one attached hydrogen (secondary N) is 2. The Bertz CT molecular complexity index is 560. The smallest absolute Gasteiger partial charge is 0.195 e. The molecule has 146 valence electrons. The lowest BCUT2D eigenvalue weighted by molar-refractivity contribution is -0.0320. The minimum atomic E-state index is 0.345. The van der Waals surface area contributed by atoms with Crippen molar-refractivity contribution in [2.75, 3.05) is 52.4 Å². The first kappa shape index (κ1) is 20.3. The van der Waals surface area contributed by atoms with E-state index in [9.17, 15) is 0 Å². The van der Waals surface area contributed by atoms with Crippen LogP contribution in [0.1, 0.15) is 26.2 Å². The monoisotopic (exact) mass is 365 g/mol. The summed E-state index contributed by atoms with van der Waals surface area (Å²) in [5, 5.41) is 6.56. The molecule has 1 aromatic carbocycles. The van der Waals surface area contributed by atoms with Crippen molar-refractivity contribution in [2.24, 2.45) is 4.99 Å². The van der Waals surface area contributed by atoms with E-state index in [1.165, 1.54) is 0 Å². The van der Waals surface area contributed by atoms with Gasteiger partial charge in [0, 0.05) is 45.2 Å². The molecule has 0 amide bonds. The van der Waals surface area contributed by atoms with Gasteiger partial charge in [0.05, 0.1) is 19.8 Å². The maximum atomic E-state index is 5.87. The molecule has 1 aliphatic rings. The zero-order chi connectivity index (χ0) is 18.6. The molecule has 0 bridgehead atoms. The lowest BCUT2D eigenvalue weighted by atomic mass is 10.1. The number of benzene rings is 1. The van der Waals surface area contributed by atoms with Crippen LogP contribution in [0.3, 0.4) is 0 Å². The molecule has 1 heterocycles. The molecule has 1 aliphatic heterocycles. The summed E-state index contributed by atoms with van der Waals surface area (Å²) in [6, 6.07) is 5.72. The van der Waals surface area contributed by atoms with Crippen molar-refractivity contribution in [1.29, 1.82) is 0 Å². The van der Waals surface area contributed by atoms with Crippen molar-refractivity contribution in [3.05, 3.63) is 18.2 Å². The highest BCUT2D eigenvalue weighted by atomic mass is 16.5. The zero-order valence-corrected chi connectivity index (χ0v) is 16.0. The molecular weight excluding hydrogens is 334 g/mol. The van der Waals surface area contributed by atoms with Gasteiger partial charge >= 0.3 is 0 Å². The summed E-state index contributed by atoms with van der Waals surface area (Å²) >= 11 is 0. The van der Waals surface area contributed by atoms with E-state index in [1.54, 1.807) is 14.2 Å². The molecule has 7 nitrogen and oxygen atoms in total. The van der Waals surface area contributed by atoms with Crippen LogP contribution in [0.15, 0.2) is 23.2 Å². The average Bonchev–Trinajstić information content (AvgIpc) is 2.68. The van der Waals surface area contributed by atoms with Gasteiger partial charge in [0.25, 0.3) is 0 Å². The number of hydrogen-bond donors (Lipinski definition) is 2. The molecule has 0 radical (unpaired) electrons. The lowest BCUT2D eigenvalue weighted by Crippen LogP contribution is -2.32. The number of nitrogens with zero attached hydrogens (tertiary/aromatic N) is 1. The van der Waals surface area contributed by atoms with Gasteiger partial charge in [0.1, 0.15) is 0 Å². The highest BCUT2D eigenvalue weighted by molar-refractivity contribution is 5.93. The molecule has 0 atom stereocenters.